The van der Waals surface area contributed by atoms with Crippen molar-refractivity contribution in [3.05, 3.63) is 71.2 Å². The fourth-order valence-corrected chi connectivity index (χ4v) is 4.00. The molecule has 4 rings (SSSR count). The van der Waals surface area contributed by atoms with Gasteiger partial charge in [-0.05, 0) is 55.2 Å². The van der Waals surface area contributed by atoms with Crippen LogP contribution in [0.15, 0.2) is 42.6 Å². The zero-order valence-corrected chi connectivity index (χ0v) is 16.2. The molecule has 30 heavy (non-hydrogen) atoms. The number of aromatic nitrogens is 2. The Labute approximate surface area is 169 Å². The first-order chi connectivity index (χ1) is 14.2. The van der Waals surface area contributed by atoms with Crippen LogP contribution in [0.1, 0.15) is 36.3 Å². The highest BCUT2D eigenvalue weighted by molar-refractivity contribution is 5.91. The predicted molar refractivity (Wildman–Crippen MR) is 105 cm³/mol. The van der Waals surface area contributed by atoms with Crippen LogP contribution in [0.2, 0.25) is 0 Å². The van der Waals surface area contributed by atoms with Crippen LogP contribution in [-0.4, -0.2) is 16.1 Å². The molecule has 0 bridgehead atoms. The molecule has 3 nitrogen and oxygen atoms in total. The Kier molecular flexibility index (Phi) is 4.95. The molecule has 8 heteroatoms. The van der Waals surface area contributed by atoms with Crippen LogP contribution in [0.3, 0.4) is 0 Å². The SMILES string of the molecule is C/C=C1\C[C@H](C(F)(F)F)[C@H](Nc2cc(F)cc3nc(C)ncc23)c2cc(F)ccc21. The smallest absolute Gasteiger partial charge is 0.377 e. The summed E-state index contributed by atoms with van der Waals surface area (Å²) >= 11 is 0. The summed E-state index contributed by atoms with van der Waals surface area (Å²) in [6, 6.07) is 4.82. The largest absolute Gasteiger partial charge is 0.394 e. The summed E-state index contributed by atoms with van der Waals surface area (Å²) in [5.74, 6) is -2.68. The third kappa shape index (κ3) is 3.62. The van der Waals surface area contributed by atoms with Crippen molar-refractivity contribution in [1.29, 1.82) is 0 Å². The number of rotatable bonds is 2. The molecule has 1 aromatic heterocycles. The molecule has 1 N–H and O–H groups in total. The van der Waals surface area contributed by atoms with Crippen molar-refractivity contribution in [2.75, 3.05) is 5.32 Å². The van der Waals surface area contributed by atoms with Gasteiger partial charge in [0.2, 0.25) is 0 Å². The third-order valence-corrected chi connectivity index (χ3v) is 5.40. The summed E-state index contributed by atoms with van der Waals surface area (Å²) < 4.78 is 70.2. The first-order valence-corrected chi connectivity index (χ1v) is 9.38. The van der Waals surface area contributed by atoms with E-state index >= 15 is 0 Å². The molecule has 0 amide bonds. The topological polar surface area (TPSA) is 37.8 Å². The second-order valence-corrected chi connectivity index (χ2v) is 7.32. The number of benzene rings is 2. The Bertz CT molecular complexity index is 1150. The lowest BCUT2D eigenvalue weighted by Crippen LogP contribution is -2.36. The summed E-state index contributed by atoms with van der Waals surface area (Å²) in [4.78, 5) is 8.24. The van der Waals surface area contributed by atoms with Gasteiger partial charge in [0.05, 0.1) is 17.5 Å². The molecule has 0 fully saturated rings. The van der Waals surface area contributed by atoms with Crippen LogP contribution in [0, 0.1) is 24.5 Å². The quantitative estimate of drug-likeness (QED) is 0.492. The van der Waals surface area contributed by atoms with Gasteiger partial charge in [-0.25, -0.2) is 18.7 Å². The van der Waals surface area contributed by atoms with Crippen molar-refractivity contribution in [3.63, 3.8) is 0 Å². The maximum Gasteiger partial charge on any atom is 0.394 e. The zero-order chi connectivity index (χ0) is 21.6. The van der Waals surface area contributed by atoms with Crippen molar-refractivity contribution in [2.24, 2.45) is 5.92 Å². The summed E-state index contributed by atoms with van der Waals surface area (Å²) in [7, 11) is 0. The molecule has 1 heterocycles. The number of hydrogen-bond acceptors (Lipinski definition) is 3. The highest BCUT2D eigenvalue weighted by atomic mass is 19.4. The Balaban J connectivity index is 1.90. The lowest BCUT2D eigenvalue weighted by molar-refractivity contribution is -0.178. The van der Waals surface area contributed by atoms with E-state index in [-0.39, 0.29) is 23.2 Å². The number of nitrogens with one attached hydrogen (secondary N) is 1. The fraction of sp³-hybridized carbons (Fsp3) is 0.273. The second kappa shape index (κ2) is 7.34. The van der Waals surface area contributed by atoms with Crippen LogP contribution in [0.25, 0.3) is 16.5 Å². The Morgan fingerprint density at radius 3 is 2.57 bits per heavy atom. The summed E-state index contributed by atoms with van der Waals surface area (Å²) in [5, 5.41) is 3.22. The average molecular weight is 419 g/mol. The van der Waals surface area contributed by atoms with E-state index in [1.54, 1.807) is 19.9 Å². The molecule has 0 saturated carbocycles. The van der Waals surface area contributed by atoms with Crippen LogP contribution in [-0.2, 0) is 0 Å². The van der Waals surface area contributed by atoms with E-state index in [0.717, 1.165) is 12.1 Å². The number of nitrogens with zero attached hydrogens (tertiary/aromatic N) is 2. The number of hydrogen-bond donors (Lipinski definition) is 1. The predicted octanol–water partition coefficient (Wildman–Crippen LogP) is 6.36. The number of anilines is 1. The molecule has 0 aliphatic heterocycles. The lowest BCUT2D eigenvalue weighted by atomic mass is 9.76. The summed E-state index contributed by atoms with van der Waals surface area (Å²) in [6.45, 7) is 3.29. The lowest BCUT2D eigenvalue weighted by Gasteiger charge is -2.37. The fourth-order valence-electron chi connectivity index (χ4n) is 4.00. The van der Waals surface area contributed by atoms with Gasteiger partial charge < -0.3 is 5.32 Å². The second-order valence-electron chi connectivity index (χ2n) is 7.32. The van der Waals surface area contributed by atoms with E-state index in [1.165, 1.54) is 24.4 Å². The van der Waals surface area contributed by atoms with Crippen molar-refractivity contribution in [1.82, 2.24) is 9.97 Å². The number of allylic oxidation sites excluding steroid dienone is 2. The first kappa shape index (κ1) is 20.3. The van der Waals surface area contributed by atoms with Crippen molar-refractivity contribution >= 4 is 22.2 Å². The van der Waals surface area contributed by atoms with Gasteiger partial charge in [-0.2, -0.15) is 13.2 Å². The number of fused-ring (bicyclic) bond motifs is 2. The van der Waals surface area contributed by atoms with Crippen LogP contribution in [0.4, 0.5) is 27.6 Å². The number of halogens is 5. The minimum absolute atomic E-state index is 0.128. The molecule has 0 unspecified atom stereocenters. The Morgan fingerprint density at radius 2 is 1.87 bits per heavy atom. The minimum atomic E-state index is -4.55. The van der Waals surface area contributed by atoms with E-state index in [0.29, 0.717) is 22.3 Å². The monoisotopic (exact) mass is 419 g/mol. The van der Waals surface area contributed by atoms with Gasteiger partial charge in [0, 0.05) is 23.3 Å². The van der Waals surface area contributed by atoms with Gasteiger partial charge in [-0.1, -0.05) is 12.1 Å². The van der Waals surface area contributed by atoms with E-state index in [2.05, 4.69) is 15.3 Å². The molecular formula is C22H18F5N3. The van der Waals surface area contributed by atoms with Gasteiger partial charge in [-0.15, -0.1) is 0 Å². The van der Waals surface area contributed by atoms with E-state index < -0.39 is 29.8 Å². The molecule has 1 aliphatic carbocycles. The molecule has 0 radical (unpaired) electrons. The minimum Gasteiger partial charge on any atom is -0.377 e. The zero-order valence-electron chi connectivity index (χ0n) is 16.2. The molecular weight excluding hydrogens is 401 g/mol. The standard InChI is InChI=1S/C22H18F5N3/c1-3-12-6-18(22(25,26)27)21(16-7-13(23)4-5-15(12)16)30-20-9-14(24)8-19-17(20)10-28-11(2)29-19/h3-5,7-10,18,21,30H,6H2,1-2H3/b12-3+/t18-,21+/m0/s1. The molecule has 2 atom stereocenters. The average Bonchev–Trinajstić information content (AvgIpc) is 2.66. The third-order valence-electron chi connectivity index (χ3n) is 5.40. The highest BCUT2D eigenvalue weighted by Crippen LogP contribution is 2.49. The molecule has 3 aromatic rings. The van der Waals surface area contributed by atoms with E-state index in [1.807, 2.05) is 0 Å². The van der Waals surface area contributed by atoms with Crippen LogP contribution < -0.4 is 5.32 Å². The van der Waals surface area contributed by atoms with Gasteiger partial charge in [-0.3, -0.25) is 0 Å². The Hall–Kier alpha value is -3.03. The van der Waals surface area contributed by atoms with Crippen LogP contribution in [0.5, 0.6) is 0 Å². The van der Waals surface area contributed by atoms with Crippen molar-refractivity contribution in [3.8, 4) is 0 Å². The van der Waals surface area contributed by atoms with Gasteiger partial charge in [0.25, 0.3) is 0 Å². The van der Waals surface area contributed by atoms with Crippen molar-refractivity contribution < 1.29 is 22.0 Å². The van der Waals surface area contributed by atoms with Gasteiger partial charge in [0.15, 0.2) is 0 Å². The van der Waals surface area contributed by atoms with Crippen molar-refractivity contribution in [2.45, 2.75) is 32.5 Å². The summed E-state index contributed by atoms with van der Waals surface area (Å²) in [6.07, 6.45) is -1.76. The number of alkyl halides is 3. The molecule has 156 valence electrons. The van der Waals surface area contributed by atoms with E-state index in [4.69, 9.17) is 0 Å². The number of aryl methyl sites for hydroxylation is 1. The Morgan fingerprint density at radius 1 is 1.10 bits per heavy atom. The van der Waals surface area contributed by atoms with Gasteiger partial charge in [0.1, 0.15) is 17.5 Å². The summed E-state index contributed by atoms with van der Waals surface area (Å²) in [5.41, 5.74) is 1.63. The van der Waals surface area contributed by atoms with Crippen LogP contribution >= 0.6 is 0 Å². The molecule has 0 spiro atoms. The van der Waals surface area contributed by atoms with E-state index in [9.17, 15) is 22.0 Å². The maximum absolute atomic E-state index is 14.2. The molecule has 2 aromatic carbocycles. The first-order valence-electron chi connectivity index (χ1n) is 9.38. The molecule has 1 aliphatic rings. The molecule has 0 saturated heterocycles. The highest BCUT2D eigenvalue weighted by Gasteiger charge is 2.48. The maximum atomic E-state index is 14.2. The van der Waals surface area contributed by atoms with Gasteiger partial charge >= 0.3 is 6.18 Å². The normalized spacial score (nSPS) is 20.4.